The second-order valence-corrected chi connectivity index (χ2v) is 6.46. The standard InChI is InChI=1S/C19H24N2O4/c1-19(2,3)25-18(22)21(15-7-6-10-20-12-15)13-14-8-9-16(23-4)11-17(14)24-5/h6-12H,13H2,1-5H3. The van der Waals surface area contributed by atoms with Crippen LogP contribution in [0.15, 0.2) is 42.7 Å². The van der Waals surface area contributed by atoms with Crippen molar-refractivity contribution in [2.24, 2.45) is 0 Å². The van der Waals surface area contributed by atoms with Gasteiger partial charge in [0.2, 0.25) is 0 Å². The molecule has 0 atom stereocenters. The SMILES string of the molecule is COc1ccc(CN(C(=O)OC(C)(C)C)c2cccnc2)c(OC)c1. The topological polar surface area (TPSA) is 60.9 Å². The molecule has 0 aliphatic carbocycles. The van der Waals surface area contributed by atoms with Gasteiger partial charge in [-0.1, -0.05) is 0 Å². The Labute approximate surface area is 148 Å². The number of carbonyl (C=O) groups is 1. The third-order valence-electron chi connectivity index (χ3n) is 3.39. The van der Waals surface area contributed by atoms with Crippen molar-refractivity contribution in [3.05, 3.63) is 48.3 Å². The molecule has 6 nitrogen and oxygen atoms in total. The largest absolute Gasteiger partial charge is 0.497 e. The van der Waals surface area contributed by atoms with E-state index in [2.05, 4.69) is 4.98 Å². The molecule has 0 spiro atoms. The van der Waals surface area contributed by atoms with E-state index in [1.165, 1.54) is 4.90 Å². The van der Waals surface area contributed by atoms with E-state index in [0.29, 0.717) is 17.2 Å². The number of amides is 1. The summed E-state index contributed by atoms with van der Waals surface area (Å²) in [4.78, 5) is 18.3. The van der Waals surface area contributed by atoms with Crippen molar-refractivity contribution >= 4 is 11.8 Å². The lowest BCUT2D eigenvalue weighted by Gasteiger charge is -2.27. The van der Waals surface area contributed by atoms with Crippen LogP contribution in [0.25, 0.3) is 0 Å². The number of nitrogens with zero attached hydrogens (tertiary/aromatic N) is 2. The van der Waals surface area contributed by atoms with Crippen LogP contribution in [0.5, 0.6) is 11.5 Å². The third-order valence-corrected chi connectivity index (χ3v) is 3.39. The van der Waals surface area contributed by atoms with E-state index in [0.717, 1.165) is 5.56 Å². The highest BCUT2D eigenvalue weighted by Gasteiger charge is 2.24. The number of aromatic nitrogens is 1. The number of benzene rings is 1. The Hall–Kier alpha value is -2.76. The van der Waals surface area contributed by atoms with Crippen LogP contribution < -0.4 is 14.4 Å². The number of ether oxygens (including phenoxy) is 3. The van der Waals surface area contributed by atoms with Gasteiger partial charge < -0.3 is 14.2 Å². The summed E-state index contributed by atoms with van der Waals surface area (Å²) in [6, 6.07) is 9.07. The van der Waals surface area contributed by atoms with Crippen molar-refractivity contribution in [2.75, 3.05) is 19.1 Å². The summed E-state index contributed by atoms with van der Waals surface area (Å²) in [7, 11) is 3.18. The van der Waals surface area contributed by atoms with Gasteiger partial charge in [-0.05, 0) is 45.0 Å². The highest BCUT2D eigenvalue weighted by atomic mass is 16.6. The fourth-order valence-electron chi connectivity index (χ4n) is 2.24. The highest BCUT2D eigenvalue weighted by Crippen LogP contribution is 2.28. The molecule has 134 valence electrons. The first kappa shape index (κ1) is 18.6. The van der Waals surface area contributed by atoms with Gasteiger partial charge in [-0.2, -0.15) is 0 Å². The van der Waals surface area contributed by atoms with Gasteiger partial charge in [-0.3, -0.25) is 9.88 Å². The Balaban J connectivity index is 2.35. The Kier molecular flexibility index (Phi) is 5.85. The van der Waals surface area contributed by atoms with Gasteiger partial charge >= 0.3 is 6.09 Å². The Morgan fingerprint density at radius 2 is 1.92 bits per heavy atom. The number of pyridine rings is 1. The molecule has 0 bridgehead atoms. The molecule has 2 aromatic rings. The zero-order valence-corrected chi connectivity index (χ0v) is 15.3. The normalized spacial score (nSPS) is 10.9. The lowest BCUT2D eigenvalue weighted by Crippen LogP contribution is -2.36. The monoisotopic (exact) mass is 344 g/mol. The number of hydrogen-bond donors (Lipinski definition) is 0. The quantitative estimate of drug-likeness (QED) is 0.819. The molecule has 1 heterocycles. The summed E-state index contributed by atoms with van der Waals surface area (Å²) in [6.07, 6.45) is 2.84. The fourth-order valence-corrected chi connectivity index (χ4v) is 2.24. The third kappa shape index (κ3) is 5.11. The van der Waals surface area contributed by atoms with Crippen molar-refractivity contribution in [3.63, 3.8) is 0 Å². The van der Waals surface area contributed by atoms with Gasteiger partial charge in [-0.15, -0.1) is 0 Å². The first-order chi connectivity index (χ1) is 11.8. The average Bonchev–Trinajstić information content (AvgIpc) is 2.58. The van der Waals surface area contributed by atoms with Crippen molar-refractivity contribution in [1.82, 2.24) is 4.98 Å². The van der Waals surface area contributed by atoms with E-state index in [4.69, 9.17) is 14.2 Å². The molecule has 1 amide bonds. The highest BCUT2D eigenvalue weighted by molar-refractivity contribution is 5.87. The van der Waals surface area contributed by atoms with Crippen LogP contribution in [0.3, 0.4) is 0 Å². The zero-order valence-electron chi connectivity index (χ0n) is 15.3. The summed E-state index contributed by atoms with van der Waals surface area (Å²) >= 11 is 0. The number of methoxy groups -OCH3 is 2. The minimum Gasteiger partial charge on any atom is -0.497 e. The molecule has 25 heavy (non-hydrogen) atoms. The van der Waals surface area contributed by atoms with E-state index in [-0.39, 0.29) is 6.54 Å². The molecule has 6 heteroatoms. The van der Waals surface area contributed by atoms with Crippen molar-refractivity contribution in [1.29, 1.82) is 0 Å². The summed E-state index contributed by atoms with van der Waals surface area (Å²) < 4.78 is 16.2. The van der Waals surface area contributed by atoms with Crippen LogP contribution in [-0.2, 0) is 11.3 Å². The van der Waals surface area contributed by atoms with Crippen molar-refractivity contribution in [2.45, 2.75) is 32.9 Å². The first-order valence-electron chi connectivity index (χ1n) is 7.95. The van der Waals surface area contributed by atoms with Crippen molar-refractivity contribution in [3.8, 4) is 11.5 Å². The van der Waals surface area contributed by atoms with Crippen LogP contribution in [-0.4, -0.2) is 30.9 Å². The predicted molar refractivity (Wildman–Crippen MR) is 96.2 cm³/mol. The van der Waals surface area contributed by atoms with Crippen LogP contribution in [0.2, 0.25) is 0 Å². The summed E-state index contributed by atoms with van der Waals surface area (Å²) in [5, 5.41) is 0. The number of carbonyl (C=O) groups excluding carboxylic acids is 1. The Morgan fingerprint density at radius 1 is 1.16 bits per heavy atom. The molecule has 0 aliphatic rings. The summed E-state index contributed by atoms with van der Waals surface area (Å²) in [5.41, 5.74) is 0.884. The molecule has 1 aromatic heterocycles. The summed E-state index contributed by atoms with van der Waals surface area (Å²) in [5.74, 6) is 1.32. The Morgan fingerprint density at radius 3 is 2.48 bits per heavy atom. The lowest BCUT2D eigenvalue weighted by molar-refractivity contribution is 0.0577. The predicted octanol–water partition coefficient (Wildman–Crippen LogP) is 4.04. The molecule has 1 aromatic carbocycles. The maximum absolute atomic E-state index is 12.7. The van der Waals surface area contributed by atoms with Crippen LogP contribution >= 0.6 is 0 Å². The van der Waals surface area contributed by atoms with Gasteiger partial charge in [0.15, 0.2) is 0 Å². The minimum atomic E-state index is -0.596. The molecule has 0 N–H and O–H groups in total. The van der Waals surface area contributed by atoms with Gasteiger partial charge in [0, 0.05) is 17.8 Å². The molecule has 0 aliphatic heterocycles. The maximum atomic E-state index is 12.7. The molecule has 0 unspecified atom stereocenters. The molecule has 2 rings (SSSR count). The van der Waals surface area contributed by atoms with Gasteiger partial charge in [-0.25, -0.2) is 4.79 Å². The fraction of sp³-hybridized carbons (Fsp3) is 0.368. The van der Waals surface area contributed by atoms with E-state index < -0.39 is 11.7 Å². The Bertz CT molecular complexity index is 711. The van der Waals surface area contributed by atoms with E-state index in [9.17, 15) is 4.79 Å². The second-order valence-electron chi connectivity index (χ2n) is 6.46. The zero-order chi connectivity index (χ0) is 18.4. The average molecular weight is 344 g/mol. The van der Waals surface area contributed by atoms with Gasteiger partial charge in [0.1, 0.15) is 17.1 Å². The summed E-state index contributed by atoms with van der Waals surface area (Å²) in [6.45, 7) is 5.79. The minimum absolute atomic E-state index is 0.285. The maximum Gasteiger partial charge on any atom is 0.415 e. The lowest BCUT2D eigenvalue weighted by atomic mass is 10.1. The second kappa shape index (κ2) is 7.88. The van der Waals surface area contributed by atoms with E-state index in [1.807, 2.05) is 39.0 Å². The smallest absolute Gasteiger partial charge is 0.415 e. The number of rotatable bonds is 5. The van der Waals surface area contributed by atoms with Gasteiger partial charge in [0.25, 0.3) is 0 Å². The molecule has 0 radical (unpaired) electrons. The van der Waals surface area contributed by atoms with Crippen LogP contribution in [0.4, 0.5) is 10.5 Å². The molecular formula is C19H24N2O4. The molecular weight excluding hydrogens is 320 g/mol. The van der Waals surface area contributed by atoms with Crippen molar-refractivity contribution < 1.29 is 19.0 Å². The van der Waals surface area contributed by atoms with E-state index in [1.54, 1.807) is 38.7 Å². The first-order valence-corrected chi connectivity index (χ1v) is 7.95. The van der Waals surface area contributed by atoms with Gasteiger partial charge in [0.05, 0.1) is 32.6 Å². The number of anilines is 1. The van der Waals surface area contributed by atoms with Crippen LogP contribution in [0, 0.1) is 0 Å². The number of hydrogen-bond acceptors (Lipinski definition) is 5. The van der Waals surface area contributed by atoms with Crippen LogP contribution in [0.1, 0.15) is 26.3 Å². The molecule has 0 saturated heterocycles. The van der Waals surface area contributed by atoms with E-state index >= 15 is 0 Å². The molecule has 0 saturated carbocycles. The molecule has 0 fully saturated rings.